The molecule has 3 aromatic carbocycles. The molecule has 0 saturated heterocycles. The number of Topliss-reactive ketones (excluding diaryl/α,β-unsaturated/α-hetero) is 1. The normalized spacial score (nSPS) is 21.3. The molecular formula is C24H23NO. The third-order valence-electron chi connectivity index (χ3n) is 5.34. The van der Waals surface area contributed by atoms with Crippen LogP contribution in [0.15, 0.2) is 84.9 Å². The molecule has 1 aliphatic carbocycles. The standard InChI is InChI=1S/C24H23NO/c25-24(21-9-5-2-6-10-21)17-23(24)20-13-11-19(12-14-20)16-22(26)15-18-7-3-1-4-8-18/h1-14,23H,15-17,25H2/t23-,24-/m0/s1. The van der Waals surface area contributed by atoms with Gasteiger partial charge in [-0.2, -0.15) is 0 Å². The summed E-state index contributed by atoms with van der Waals surface area (Å²) in [6, 6.07) is 28.6. The van der Waals surface area contributed by atoms with Crippen molar-refractivity contribution in [2.75, 3.05) is 0 Å². The SMILES string of the molecule is N[C@]1(c2ccccc2)C[C@H]1c1ccc(CC(=O)Cc2ccccc2)cc1. The van der Waals surface area contributed by atoms with Crippen molar-refractivity contribution in [3.8, 4) is 0 Å². The van der Waals surface area contributed by atoms with Crippen molar-refractivity contribution < 1.29 is 4.79 Å². The lowest BCUT2D eigenvalue weighted by Crippen LogP contribution is -2.21. The summed E-state index contributed by atoms with van der Waals surface area (Å²) in [4.78, 5) is 12.3. The van der Waals surface area contributed by atoms with E-state index in [1.807, 2.05) is 48.5 Å². The van der Waals surface area contributed by atoms with E-state index in [-0.39, 0.29) is 11.3 Å². The number of benzene rings is 3. The van der Waals surface area contributed by atoms with Crippen molar-refractivity contribution in [1.29, 1.82) is 0 Å². The van der Waals surface area contributed by atoms with E-state index in [9.17, 15) is 4.79 Å². The number of rotatable bonds is 6. The molecule has 0 amide bonds. The fourth-order valence-electron chi connectivity index (χ4n) is 3.74. The van der Waals surface area contributed by atoms with E-state index in [2.05, 4.69) is 36.4 Å². The van der Waals surface area contributed by atoms with Crippen molar-refractivity contribution >= 4 is 5.78 Å². The van der Waals surface area contributed by atoms with Crippen molar-refractivity contribution in [3.05, 3.63) is 107 Å². The number of carbonyl (C=O) groups is 1. The van der Waals surface area contributed by atoms with Crippen LogP contribution in [-0.2, 0) is 23.2 Å². The molecular weight excluding hydrogens is 318 g/mol. The Morgan fingerprint density at radius 1 is 0.808 bits per heavy atom. The quantitative estimate of drug-likeness (QED) is 0.723. The lowest BCUT2D eigenvalue weighted by atomic mass is 9.97. The van der Waals surface area contributed by atoms with Crippen LogP contribution in [0.4, 0.5) is 0 Å². The number of carbonyl (C=O) groups excluding carboxylic acids is 1. The second-order valence-electron chi connectivity index (χ2n) is 7.28. The zero-order valence-corrected chi connectivity index (χ0v) is 14.8. The Balaban J connectivity index is 1.39. The first-order valence-electron chi connectivity index (χ1n) is 9.14. The van der Waals surface area contributed by atoms with Gasteiger partial charge in [-0.25, -0.2) is 0 Å². The highest BCUT2D eigenvalue weighted by Gasteiger charge is 2.52. The molecule has 2 atom stereocenters. The third-order valence-corrected chi connectivity index (χ3v) is 5.34. The Hall–Kier alpha value is -2.71. The maximum absolute atomic E-state index is 12.3. The van der Waals surface area contributed by atoms with Gasteiger partial charge in [-0.15, -0.1) is 0 Å². The Kier molecular flexibility index (Phi) is 4.44. The van der Waals surface area contributed by atoms with E-state index in [1.54, 1.807) is 0 Å². The third kappa shape index (κ3) is 3.47. The molecule has 0 aliphatic heterocycles. The number of nitrogens with two attached hydrogens (primary N) is 1. The Bertz CT molecular complexity index is 887. The molecule has 0 radical (unpaired) electrons. The van der Waals surface area contributed by atoms with E-state index in [1.165, 1.54) is 11.1 Å². The van der Waals surface area contributed by atoms with Gasteiger partial charge in [-0.3, -0.25) is 4.79 Å². The van der Waals surface area contributed by atoms with Crippen molar-refractivity contribution in [3.63, 3.8) is 0 Å². The second kappa shape index (κ2) is 6.89. The smallest absolute Gasteiger partial charge is 0.141 e. The van der Waals surface area contributed by atoms with Crippen LogP contribution in [-0.4, -0.2) is 5.78 Å². The molecule has 0 unspecified atom stereocenters. The first-order valence-corrected chi connectivity index (χ1v) is 9.14. The fraction of sp³-hybridized carbons (Fsp3) is 0.208. The zero-order chi connectivity index (χ0) is 18.0. The molecule has 2 heteroatoms. The van der Waals surface area contributed by atoms with Gasteiger partial charge in [0, 0.05) is 24.3 Å². The van der Waals surface area contributed by atoms with Gasteiger partial charge in [-0.05, 0) is 28.7 Å². The van der Waals surface area contributed by atoms with Gasteiger partial charge < -0.3 is 5.73 Å². The summed E-state index contributed by atoms with van der Waals surface area (Å²) in [6.45, 7) is 0. The Morgan fingerprint density at radius 2 is 1.35 bits per heavy atom. The van der Waals surface area contributed by atoms with Crippen LogP contribution in [0.3, 0.4) is 0 Å². The fourth-order valence-corrected chi connectivity index (χ4v) is 3.74. The van der Waals surface area contributed by atoms with Gasteiger partial charge >= 0.3 is 0 Å². The number of hydrogen-bond donors (Lipinski definition) is 1. The summed E-state index contributed by atoms with van der Waals surface area (Å²) in [6.07, 6.45) is 1.95. The van der Waals surface area contributed by atoms with Crippen LogP contribution in [0.2, 0.25) is 0 Å². The van der Waals surface area contributed by atoms with E-state index in [0.29, 0.717) is 18.8 Å². The predicted octanol–water partition coefficient (Wildman–Crippen LogP) is 4.38. The van der Waals surface area contributed by atoms with E-state index >= 15 is 0 Å². The van der Waals surface area contributed by atoms with E-state index in [4.69, 9.17) is 5.73 Å². The van der Waals surface area contributed by atoms with Gasteiger partial charge in [0.15, 0.2) is 0 Å². The van der Waals surface area contributed by atoms with Crippen LogP contribution < -0.4 is 5.73 Å². The lowest BCUT2D eigenvalue weighted by Gasteiger charge is -2.12. The van der Waals surface area contributed by atoms with Crippen LogP contribution in [0.25, 0.3) is 0 Å². The summed E-state index contributed by atoms with van der Waals surface area (Å²) in [5.41, 5.74) is 11.0. The van der Waals surface area contributed by atoms with Gasteiger partial charge in [0.25, 0.3) is 0 Å². The molecule has 1 saturated carbocycles. The average Bonchev–Trinajstić information content (AvgIpc) is 3.37. The predicted molar refractivity (Wildman–Crippen MR) is 105 cm³/mol. The van der Waals surface area contributed by atoms with Gasteiger partial charge in [0.2, 0.25) is 0 Å². The molecule has 26 heavy (non-hydrogen) atoms. The number of ketones is 1. The molecule has 4 rings (SSSR count). The molecule has 1 fully saturated rings. The van der Waals surface area contributed by atoms with Crippen molar-refractivity contribution in [1.82, 2.24) is 0 Å². The Morgan fingerprint density at radius 3 is 1.96 bits per heavy atom. The molecule has 0 heterocycles. The lowest BCUT2D eigenvalue weighted by molar-refractivity contribution is -0.117. The van der Waals surface area contributed by atoms with Crippen LogP contribution >= 0.6 is 0 Å². The van der Waals surface area contributed by atoms with Gasteiger partial charge in [-0.1, -0.05) is 84.9 Å². The summed E-state index contributed by atoms with van der Waals surface area (Å²) in [5.74, 6) is 0.604. The topological polar surface area (TPSA) is 43.1 Å². The maximum Gasteiger partial charge on any atom is 0.141 e. The van der Waals surface area contributed by atoms with Crippen molar-refractivity contribution in [2.45, 2.75) is 30.7 Å². The molecule has 2 nitrogen and oxygen atoms in total. The molecule has 0 spiro atoms. The maximum atomic E-state index is 12.3. The highest BCUT2D eigenvalue weighted by Crippen LogP contribution is 2.56. The molecule has 3 aromatic rings. The van der Waals surface area contributed by atoms with E-state index < -0.39 is 0 Å². The van der Waals surface area contributed by atoms with Crippen LogP contribution in [0.5, 0.6) is 0 Å². The van der Waals surface area contributed by atoms with Gasteiger partial charge in [0.1, 0.15) is 5.78 Å². The second-order valence-corrected chi connectivity index (χ2v) is 7.28. The minimum atomic E-state index is -0.244. The summed E-state index contributed by atoms with van der Waals surface area (Å²) >= 11 is 0. The van der Waals surface area contributed by atoms with Crippen LogP contribution in [0, 0.1) is 0 Å². The molecule has 0 aromatic heterocycles. The largest absolute Gasteiger partial charge is 0.321 e. The minimum Gasteiger partial charge on any atom is -0.321 e. The van der Waals surface area contributed by atoms with Crippen molar-refractivity contribution in [2.24, 2.45) is 5.73 Å². The van der Waals surface area contributed by atoms with E-state index in [0.717, 1.165) is 17.5 Å². The first-order chi connectivity index (χ1) is 12.6. The molecule has 1 aliphatic rings. The highest BCUT2D eigenvalue weighted by atomic mass is 16.1. The minimum absolute atomic E-state index is 0.243. The summed E-state index contributed by atoms with van der Waals surface area (Å²) in [5, 5.41) is 0. The van der Waals surface area contributed by atoms with Crippen LogP contribution in [0.1, 0.15) is 34.6 Å². The summed E-state index contributed by atoms with van der Waals surface area (Å²) in [7, 11) is 0. The Labute approximate surface area is 154 Å². The zero-order valence-electron chi connectivity index (χ0n) is 14.8. The highest BCUT2D eigenvalue weighted by molar-refractivity contribution is 5.83. The molecule has 0 bridgehead atoms. The molecule has 2 N–H and O–H groups in total. The monoisotopic (exact) mass is 341 g/mol. The average molecular weight is 341 g/mol. The first kappa shape index (κ1) is 16.7. The molecule has 130 valence electrons. The number of hydrogen-bond acceptors (Lipinski definition) is 2. The van der Waals surface area contributed by atoms with Gasteiger partial charge in [0.05, 0.1) is 0 Å². The summed E-state index contributed by atoms with van der Waals surface area (Å²) < 4.78 is 0.